The zero-order chi connectivity index (χ0) is 27.0. The third-order valence-electron chi connectivity index (χ3n) is 5.84. The van der Waals surface area contributed by atoms with Crippen molar-refractivity contribution in [3.8, 4) is 0 Å². The number of imidazole rings is 1. The second-order valence-electron chi connectivity index (χ2n) is 8.54. The van der Waals surface area contributed by atoms with Crippen molar-refractivity contribution < 1.29 is 26.4 Å². The normalized spacial score (nSPS) is 12.3. The number of carbonyl (C=O) groups excluding carboxylic acids is 1. The maximum absolute atomic E-state index is 13.8. The molecule has 2 heterocycles. The average molecular weight is 570 g/mol. The summed E-state index contributed by atoms with van der Waals surface area (Å²) in [6.07, 6.45) is -2.68. The fraction of sp³-hybridized carbons (Fsp3) is 0.280. The zero-order valence-electron chi connectivity index (χ0n) is 19.9. The summed E-state index contributed by atoms with van der Waals surface area (Å²) in [6.45, 7) is 3.61. The number of hydrogen-bond donors (Lipinski definition) is 1. The van der Waals surface area contributed by atoms with Crippen LogP contribution in [0.5, 0.6) is 0 Å². The van der Waals surface area contributed by atoms with Crippen LogP contribution in [0.3, 0.4) is 0 Å². The maximum atomic E-state index is 13.8. The minimum Gasteiger partial charge on any atom is -0.318 e. The van der Waals surface area contributed by atoms with Gasteiger partial charge in [0.1, 0.15) is 11.5 Å². The lowest BCUT2D eigenvalue weighted by Gasteiger charge is -2.14. The van der Waals surface area contributed by atoms with Crippen molar-refractivity contribution in [1.82, 2.24) is 14.3 Å². The Kier molecular flexibility index (Phi) is 7.68. The minimum absolute atomic E-state index is 0.0323. The number of aromatic nitrogens is 2. The second-order valence-corrected chi connectivity index (χ2v) is 11.5. The lowest BCUT2D eigenvalue weighted by atomic mass is 10.1. The Hall–Kier alpha value is -2.89. The molecule has 0 unspecified atom stereocenters. The smallest absolute Gasteiger partial charge is 0.318 e. The van der Waals surface area contributed by atoms with Gasteiger partial charge < -0.3 is 4.57 Å². The summed E-state index contributed by atoms with van der Waals surface area (Å²) in [5.74, 6) is -0.634. The van der Waals surface area contributed by atoms with Crippen molar-refractivity contribution in [2.24, 2.45) is 0 Å². The molecule has 0 aliphatic carbocycles. The van der Waals surface area contributed by atoms with Crippen molar-refractivity contribution in [1.29, 1.82) is 0 Å². The van der Waals surface area contributed by atoms with Gasteiger partial charge in [-0.05, 0) is 48.6 Å². The fourth-order valence-corrected chi connectivity index (χ4v) is 6.22. The number of fused-ring (bicyclic) bond motifs is 1. The molecule has 0 radical (unpaired) electrons. The van der Waals surface area contributed by atoms with Gasteiger partial charge in [-0.1, -0.05) is 48.7 Å². The van der Waals surface area contributed by atoms with E-state index in [-0.39, 0.29) is 27.7 Å². The summed E-state index contributed by atoms with van der Waals surface area (Å²) in [5.41, 5.74) is 0.158. The van der Waals surface area contributed by atoms with Gasteiger partial charge >= 0.3 is 6.18 Å². The Labute approximate surface area is 221 Å². The van der Waals surface area contributed by atoms with E-state index in [0.29, 0.717) is 28.9 Å². The molecule has 4 rings (SSSR count). The molecule has 4 aromatic rings. The van der Waals surface area contributed by atoms with Crippen LogP contribution in [0.1, 0.15) is 52.8 Å². The summed E-state index contributed by atoms with van der Waals surface area (Å²) in [4.78, 5) is 17.4. The molecule has 0 fully saturated rings. The Morgan fingerprint density at radius 1 is 1.16 bits per heavy atom. The molecule has 0 aliphatic rings. The Morgan fingerprint density at radius 3 is 2.51 bits per heavy atom. The Bertz CT molecular complexity index is 1560. The first-order valence-electron chi connectivity index (χ1n) is 11.4. The molecule has 2 aromatic carbocycles. The van der Waals surface area contributed by atoms with Gasteiger partial charge in [-0.2, -0.15) is 13.2 Å². The summed E-state index contributed by atoms with van der Waals surface area (Å²) in [5, 5.41) is 1.41. The third-order valence-corrected chi connectivity index (χ3v) is 8.45. The molecular weight excluding hydrogens is 547 g/mol. The summed E-state index contributed by atoms with van der Waals surface area (Å²) in [6, 6.07) is 9.89. The van der Waals surface area contributed by atoms with Gasteiger partial charge in [-0.15, -0.1) is 11.3 Å². The van der Waals surface area contributed by atoms with Crippen LogP contribution in [-0.4, -0.2) is 23.9 Å². The monoisotopic (exact) mass is 569 g/mol. The van der Waals surface area contributed by atoms with Crippen LogP contribution in [0.25, 0.3) is 10.1 Å². The molecule has 37 heavy (non-hydrogen) atoms. The largest absolute Gasteiger partial charge is 0.417 e. The van der Waals surface area contributed by atoms with Crippen molar-refractivity contribution >= 4 is 49.0 Å². The van der Waals surface area contributed by atoms with E-state index < -0.39 is 27.7 Å². The third kappa shape index (κ3) is 5.68. The molecule has 2 aromatic heterocycles. The minimum atomic E-state index is -4.57. The van der Waals surface area contributed by atoms with Crippen LogP contribution < -0.4 is 4.72 Å². The number of carbonyl (C=O) groups is 1. The predicted octanol–water partition coefficient (Wildman–Crippen LogP) is 6.59. The van der Waals surface area contributed by atoms with E-state index in [1.807, 2.05) is 11.6 Å². The van der Waals surface area contributed by atoms with E-state index in [0.717, 1.165) is 29.4 Å². The van der Waals surface area contributed by atoms with Gasteiger partial charge in [0, 0.05) is 16.5 Å². The molecule has 0 saturated carbocycles. The zero-order valence-corrected chi connectivity index (χ0v) is 22.3. The number of unbranched alkanes of at least 4 members (excludes halogenated alkanes) is 1. The van der Waals surface area contributed by atoms with Gasteiger partial charge in [-0.25, -0.2) is 18.1 Å². The maximum Gasteiger partial charge on any atom is 0.417 e. The molecule has 196 valence electrons. The quantitative estimate of drug-likeness (QED) is 0.260. The highest BCUT2D eigenvalue weighted by atomic mass is 35.5. The molecule has 1 amide bonds. The lowest BCUT2D eigenvalue weighted by Crippen LogP contribution is -2.32. The number of alkyl halides is 3. The molecule has 0 atom stereocenters. The number of thiophene rings is 1. The number of hydrogen-bond acceptors (Lipinski definition) is 5. The standard InChI is InChI=1S/C25H23ClF3N3O3S2/c1-3-4-8-20-30-23(26)22(24(33)31-37(34,35)17-11-9-15(2)10-12-17)32(20)13-16-14-36-19-7-5-6-18(21(16)19)25(27,28)29/h5-7,9-12,14H,3-4,8,13H2,1-2H3,(H,31,33). The average Bonchev–Trinajstić information content (AvgIpc) is 3.37. The Balaban J connectivity index is 1.78. The fourth-order valence-electron chi connectivity index (χ4n) is 4.00. The summed E-state index contributed by atoms with van der Waals surface area (Å²) >= 11 is 7.47. The SMILES string of the molecule is CCCCc1nc(Cl)c(C(=O)NS(=O)(=O)c2ccc(C)cc2)n1Cc1csc2cccc(C(F)(F)F)c12. The highest BCUT2D eigenvalue weighted by Gasteiger charge is 2.34. The number of rotatable bonds is 8. The molecule has 0 spiro atoms. The summed E-state index contributed by atoms with van der Waals surface area (Å²) in [7, 11) is -4.23. The number of nitrogens with zero attached hydrogens (tertiary/aromatic N) is 2. The van der Waals surface area contributed by atoms with Crippen molar-refractivity contribution in [3.63, 3.8) is 0 Å². The number of aryl methyl sites for hydroxylation is 2. The van der Waals surface area contributed by atoms with Crippen LogP contribution in [0, 0.1) is 6.92 Å². The molecule has 0 aliphatic heterocycles. The molecule has 0 saturated heterocycles. The first-order chi connectivity index (χ1) is 17.4. The van der Waals surface area contributed by atoms with Crippen LogP contribution in [0.15, 0.2) is 52.7 Å². The van der Waals surface area contributed by atoms with Crippen LogP contribution in [0.2, 0.25) is 5.15 Å². The van der Waals surface area contributed by atoms with Gasteiger partial charge in [0.2, 0.25) is 0 Å². The number of sulfonamides is 1. The van der Waals surface area contributed by atoms with Crippen LogP contribution in [-0.2, 0) is 29.2 Å². The molecule has 0 bridgehead atoms. The van der Waals surface area contributed by atoms with Crippen molar-refractivity contribution in [2.45, 2.75) is 50.7 Å². The van der Waals surface area contributed by atoms with Crippen molar-refractivity contribution in [3.05, 3.63) is 81.2 Å². The topological polar surface area (TPSA) is 81.1 Å². The van der Waals surface area contributed by atoms with Gasteiger partial charge in [0.15, 0.2) is 5.15 Å². The van der Waals surface area contributed by atoms with E-state index in [9.17, 15) is 26.4 Å². The Morgan fingerprint density at radius 2 is 1.86 bits per heavy atom. The number of nitrogens with one attached hydrogen (secondary N) is 1. The highest BCUT2D eigenvalue weighted by Crippen LogP contribution is 2.39. The molecule has 1 N–H and O–H groups in total. The van der Waals surface area contributed by atoms with E-state index >= 15 is 0 Å². The highest BCUT2D eigenvalue weighted by molar-refractivity contribution is 7.90. The van der Waals surface area contributed by atoms with E-state index in [1.54, 1.807) is 30.5 Å². The molecular formula is C25H23ClF3N3O3S2. The van der Waals surface area contributed by atoms with Crippen molar-refractivity contribution in [2.75, 3.05) is 0 Å². The first-order valence-corrected chi connectivity index (χ1v) is 14.1. The van der Waals surface area contributed by atoms with Gasteiger partial charge in [0.05, 0.1) is 17.0 Å². The van der Waals surface area contributed by atoms with Crippen LogP contribution >= 0.6 is 22.9 Å². The van der Waals surface area contributed by atoms with Crippen LogP contribution in [0.4, 0.5) is 13.2 Å². The predicted molar refractivity (Wildman–Crippen MR) is 138 cm³/mol. The van der Waals surface area contributed by atoms with Gasteiger partial charge in [-0.3, -0.25) is 4.79 Å². The number of halogens is 4. The lowest BCUT2D eigenvalue weighted by molar-refractivity contribution is -0.136. The first kappa shape index (κ1) is 27.2. The van der Waals surface area contributed by atoms with E-state index in [1.165, 1.54) is 22.8 Å². The number of amides is 1. The number of benzene rings is 2. The molecule has 6 nitrogen and oxygen atoms in total. The van der Waals surface area contributed by atoms with Gasteiger partial charge in [0.25, 0.3) is 15.9 Å². The van der Waals surface area contributed by atoms with E-state index in [4.69, 9.17) is 11.6 Å². The van der Waals surface area contributed by atoms with E-state index in [2.05, 4.69) is 4.98 Å². The summed E-state index contributed by atoms with van der Waals surface area (Å²) < 4.78 is 70.9. The second kappa shape index (κ2) is 10.5. The molecule has 12 heteroatoms.